The van der Waals surface area contributed by atoms with E-state index in [4.69, 9.17) is 0 Å². The number of ether oxygens (including phenoxy) is 1. The van der Waals surface area contributed by atoms with E-state index < -0.39 is 6.61 Å². The van der Waals surface area contributed by atoms with Crippen LogP contribution in [0.25, 0.3) is 0 Å². The summed E-state index contributed by atoms with van der Waals surface area (Å²) in [7, 11) is 0. The van der Waals surface area contributed by atoms with Gasteiger partial charge in [-0.3, -0.25) is 4.90 Å². The fraction of sp³-hybridized carbons (Fsp3) is 0.467. The van der Waals surface area contributed by atoms with Crippen LogP contribution < -0.4 is 10.1 Å². The summed E-state index contributed by atoms with van der Waals surface area (Å²) in [4.78, 5) is 2.28. The summed E-state index contributed by atoms with van der Waals surface area (Å²) in [5, 5.41) is 3.29. The van der Waals surface area contributed by atoms with E-state index >= 15 is 0 Å². The molecule has 0 spiro atoms. The van der Waals surface area contributed by atoms with Gasteiger partial charge in [-0.2, -0.15) is 8.78 Å². The maximum absolute atomic E-state index is 12.5. The Labute approximate surface area is 118 Å². The number of nitrogens with zero attached hydrogens (tertiary/aromatic N) is 1. The van der Waals surface area contributed by atoms with Crippen molar-refractivity contribution in [1.82, 2.24) is 10.2 Å². The third kappa shape index (κ3) is 3.77. The van der Waals surface area contributed by atoms with Crippen LogP contribution >= 0.6 is 0 Å². The van der Waals surface area contributed by atoms with Crippen LogP contribution in [0.4, 0.5) is 8.78 Å². The predicted octanol–water partition coefficient (Wildman–Crippen LogP) is 2.81. The second-order valence-corrected chi connectivity index (χ2v) is 4.74. The highest BCUT2D eigenvalue weighted by Gasteiger charge is 2.24. The lowest BCUT2D eigenvalue weighted by Crippen LogP contribution is -2.45. The number of benzene rings is 1. The molecule has 1 N–H and O–H groups in total. The van der Waals surface area contributed by atoms with Crippen LogP contribution in [0.2, 0.25) is 0 Å². The van der Waals surface area contributed by atoms with Crippen molar-refractivity contribution in [3.8, 4) is 5.75 Å². The molecule has 1 aliphatic rings. The van der Waals surface area contributed by atoms with E-state index in [-0.39, 0.29) is 11.8 Å². The number of hydrogen-bond donors (Lipinski definition) is 1. The van der Waals surface area contributed by atoms with Gasteiger partial charge in [0, 0.05) is 37.8 Å². The highest BCUT2D eigenvalue weighted by molar-refractivity contribution is 5.36. The van der Waals surface area contributed by atoms with Crippen LogP contribution in [0.15, 0.2) is 36.9 Å². The molecule has 2 rings (SSSR count). The van der Waals surface area contributed by atoms with Gasteiger partial charge in [-0.25, -0.2) is 0 Å². The zero-order valence-corrected chi connectivity index (χ0v) is 11.4. The van der Waals surface area contributed by atoms with Crippen LogP contribution in [0, 0.1) is 0 Å². The molecule has 20 heavy (non-hydrogen) atoms. The van der Waals surface area contributed by atoms with Gasteiger partial charge in [0.05, 0.1) is 0 Å². The largest absolute Gasteiger partial charge is 0.434 e. The molecule has 0 bridgehead atoms. The topological polar surface area (TPSA) is 24.5 Å². The normalized spacial score (nSPS) is 17.9. The Kier molecular flexibility index (Phi) is 5.49. The second kappa shape index (κ2) is 7.36. The Bertz CT molecular complexity index is 434. The number of para-hydroxylation sites is 1. The Morgan fingerprint density at radius 2 is 2.00 bits per heavy atom. The number of halogens is 2. The number of piperazine rings is 1. The Hall–Kier alpha value is -1.46. The van der Waals surface area contributed by atoms with Gasteiger partial charge in [0.15, 0.2) is 0 Å². The van der Waals surface area contributed by atoms with Crippen LogP contribution in [-0.4, -0.2) is 37.7 Å². The van der Waals surface area contributed by atoms with Gasteiger partial charge in [-0.15, -0.1) is 6.58 Å². The molecule has 1 aliphatic heterocycles. The maximum atomic E-state index is 12.5. The lowest BCUT2D eigenvalue weighted by Gasteiger charge is -2.35. The minimum absolute atomic E-state index is 0.0320. The molecule has 0 saturated carbocycles. The van der Waals surface area contributed by atoms with Gasteiger partial charge in [-0.1, -0.05) is 24.3 Å². The molecule has 110 valence electrons. The Morgan fingerprint density at radius 1 is 1.30 bits per heavy atom. The fourth-order valence-corrected chi connectivity index (χ4v) is 2.58. The van der Waals surface area contributed by atoms with Crippen molar-refractivity contribution in [1.29, 1.82) is 0 Å². The monoisotopic (exact) mass is 282 g/mol. The summed E-state index contributed by atoms with van der Waals surface area (Å²) < 4.78 is 29.7. The van der Waals surface area contributed by atoms with E-state index in [9.17, 15) is 8.78 Å². The van der Waals surface area contributed by atoms with Crippen molar-refractivity contribution in [2.75, 3.05) is 26.2 Å². The smallest absolute Gasteiger partial charge is 0.387 e. The summed E-state index contributed by atoms with van der Waals surface area (Å²) in [6.07, 6.45) is 2.54. The van der Waals surface area contributed by atoms with Crippen LogP contribution in [0.3, 0.4) is 0 Å². The number of nitrogens with one attached hydrogen (secondary N) is 1. The SMILES string of the molecule is C=CC[C@@H](c1ccccc1OC(F)F)N1CCNCC1. The second-order valence-electron chi connectivity index (χ2n) is 4.74. The molecule has 1 heterocycles. The van der Waals surface area contributed by atoms with Gasteiger partial charge >= 0.3 is 6.61 Å². The van der Waals surface area contributed by atoms with E-state index in [1.54, 1.807) is 12.1 Å². The number of alkyl halides is 2. The summed E-state index contributed by atoms with van der Waals surface area (Å²) in [5.41, 5.74) is 0.801. The summed E-state index contributed by atoms with van der Waals surface area (Å²) >= 11 is 0. The first kappa shape index (κ1) is 14.9. The third-order valence-corrected chi connectivity index (χ3v) is 3.48. The van der Waals surface area contributed by atoms with Crippen molar-refractivity contribution in [2.24, 2.45) is 0 Å². The van der Waals surface area contributed by atoms with E-state index in [1.165, 1.54) is 0 Å². The van der Waals surface area contributed by atoms with Crippen molar-refractivity contribution in [2.45, 2.75) is 19.1 Å². The van der Waals surface area contributed by atoms with Gasteiger partial charge in [0.2, 0.25) is 0 Å². The molecule has 0 aromatic heterocycles. The molecule has 1 saturated heterocycles. The van der Waals surface area contributed by atoms with Crippen molar-refractivity contribution in [3.05, 3.63) is 42.5 Å². The first-order valence-electron chi connectivity index (χ1n) is 6.81. The van der Waals surface area contributed by atoms with E-state index in [0.717, 1.165) is 31.7 Å². The minimum atomic E-state index is -2.80. The standard InChI is InChI=1S/C15H20F2N2O/c1-2-5-13(19-10-8-18-9-11-19)12-6-3-4-7-14(12)20-15(16)17/h2-4,6-7,13,15,18H,1,5,8-11H2/t13-/m0/s1. The molecule has 0 amide bonds. The van der Waals surface area contributed by atoms with Crippen LogP contribution in [0.1, 0.15) is 18.0 Å². The molecule has 1 aromatic rings. The molecule has 0 aliphatic carbocycles. The summed E-state index contributed by atoms with van der Waals surface area (Å²) in [6.45, 7) is 4.58. The molecule has 1 fully saturated rings. The molecule has 1 atom stereocenters. The van der Waals surface area contributed by atoms with Gasteiger partial charge in [-0.05, 0) is 12.5 Å². The zero-order valence-electron chi connectivity index (χ0n) is 11.4. The molecule has 5 heteroatoms. The van der Waals surface area contributed by atoms with Gasteiger partial charge in [0.1, 0.15) is 5.75 Å². The first-order valence-corrected chi connectivity index (χ1v) is 6.81. The average molecular weight is 282 g/mol. The van der Waals surface area contributed by atoms with Gasteiger partial charge in [0.25, 0.3) is 0 Å². The summed E-state index contributed by atoms with van der Waals surface area (Å²) in [5.74, 6) is 0.257. The van der Waals surface area contributed by atoms with Gasteiger partial charge < -0.3 is 10.1 Å². The van der Waals surface area contributed by atoms with E-state index in [0.29, 0.717) is 6.42 Å². The zero-order chi connectivity index (χ0) is 14.4. The average Bonchev–Trinajstić information content (AvgIpc) is 2.46. The van der Waals surface area contributed by atoms with E-state index in [2.05, 4.69) is 21.5 Å². The van der Waals surface area contributed by atoms with Crippen molar-refractivity contribution >= 4 is 0 Å². The quantitative estimate of drug-likeness (QED) is 0.812. The Balaban J connectivity index is 2.25. The van der Waals surface area contributed by atoms with E-state index in [1.807, 2.05) is 18.2 Å². The lowest BCUT2D eigenvalue weighted by molar-refractivity contribution is -0.0512. The maximum Gasteiger partial charge on any atom is 0.387 e. The minimum Gasteiger partial charge on any atom is -0.434 e. The first-order chi connectivity index (χ1) is 9.72. The lowest BCUT2D eigenvalue weighted by atomic mass is 10.00. The molecule has 0 unspecified atom stereocenters. The highest BCUT2D eigenvalue weighted by Crippen LogP contribution is 2.33. The highest BCUT2D eigenvalue weighted by atomic mass is 19.3. The van der Waals surface area contributed by atoms with Crippen molar-refractivity contribution in [3.63, 3.8) is 0 Å². The fourth-order valence-electron chi connectivity index (χ4n) is 2.58. The Morgan fingerprint density at radius 3 is 2.65 bits per heavy atom. The molecule has 3 nitrogen and oxygen atoms in total. The van der Waals surface area contributed by atoms with Crippen molar-refractivity contribution < 1.29 is 13.5 Å². The summed E-state index contributed by atoms with van der Waals surface area (Å²) in [6, 6.07) is 7.05. The molecular weight excluding hydrogens is 262 g/mol. The third-order valence-electron chi connectivity index (χ3n) is 3.48. The van der Waals surface area contributed by atoms with Crippen LogP contribution in [-0.2, 0) is 0 Å². The molecular formula is C15H20F2N2O. The van der Waals surface area contributed by atoms with Crippen LogP contribution in [0.5, 0.6) is 5.75 Å². The molecule has 1 aromatic carbocycles. The number of rotatable bonds is 6. The molecule has 0 radical (unpaired) electrons. The number of hydrogen-bond acceptors (Lipinski definition) is 3. The predicted molar refractivity (Wildman–Crippen MR) is 75.1 cm³/mol.